The third kappa shape index (κ3) is 2.55. The van der Waals surface area contributed by atoms with Crippen LogP contribution in [0.1, 0.15) is 23.9 Å². The van der Waals surface area contributed by atoms with Gasteiger partial charge in [0.1, 0.15) is 5.82 Å². The Bertz CT molecular complexity index is 461. The van der Waals surface area contributed by atoms with Crippen LogP contribution < -0.4 is 0 Å². The van der Waals surface area contributed by atoms with E-state index in [0.717, 1.165) is 5.69 Å². The number of nitrogens with zero attached hydrogens (tertiary/aromatic N) is 2. The summed E-state index contributed by atoms with van der Waals surface area (Å²) in [5.74, 6) is 1.10. The van der Waals surface area contributed by atoms with Crippen molar-refractivity contribution in [2.24, 2.45) is 0 Å². The van der Waals surface area contributed by atoms with Gasteiger partial charge in [0.2, 0.25) is 0 Å². The molecule has 1 aliphatic heterocycles. The first kappa shape index (κ1) is 11.0. The summed E-state index contributed by atoms with van der Waals surface area (Å²) in [6, 6.07) is 1.82. The van der Waals surface area contributed by atoms with Gasteiger partial charge in [-0.05, 0) is 12.5 Å². The lowest BCUT2D eigenvalue weighted by Crippen LogP contribution is -2.07. The number of hydrogen-bond acceptors (Lipinski definition) is 4. The van der Waals surface area contributed by atoms with E-state index in [-0.39, 0.29) is 17.4 Å². The first-order chi connectivity index (χ1) is 7.11. The summed E-state index contributed by atoms with van der Waals surface area (Å²) in [4.78, 5) is 8.45. The van der Waals surface area contributed by atoms with Crippen molar-refractivity contribution in [2.45, 2.75) is 17.7 Å². The molecule has 0 spiro atoms. The second-order valence-electron chi connectivity index (χ2n) is 3.64. The highest BCUT2D eigenvalue weighted by molar-refractivity contribution is 9.08. The summed E-state index contributed by atoms with van der Waals surface area (Å²) in [5.41, 5.74) is 0.893. The van der Waals surface area contributed by atoms with E-state index in [4.69, 9.17) is 0 Å². The maximum Gasteiger partial charge on any atom is 0.151 e. The summed E-state index contributed by atoms with van der Waals surface area (Å²) < 4.78 is 22.6. The summed E-state index contributed by atoms with van der Waals surface area (Å²) >= 11 is 3.31. The smallest absolute Gasteiger partial charge is 0.151 e. The summed E-state index contributed by atoms with van der Waals surface area (Å²) in [7, 11) is -2.85. The molecule has 0 N–H and O–H groups in total. The molecule has 0 bridgehead atoms. The molecule has 0 aliphatic carbocycles. The van der Waals surface area contributed by atoms with Gasteiger partial charge in [-0.1, -0.05) is 15.9 Å². The number of halogens is 1. The SMILES string of the molecule is O=S1(=O)CCC(c2nccc(CBr)n2)C1. The van der Waals surface area contributed by atoms with E-state index < -0.39 is 9.84 Å². The average Bonchev–Trinajstić information content (AvgIpc) is 2.59. The van der Waals surface area contributed by atoms with Crippen LogP contribution in [0.25, 0.3) is 0 Å². The molecule has 0 saturated carbocycles. The Labute approximate surface area is 97.2 Å². The standard InChI is InChI=1S/C9H11BrN2O2S/c10-5-8-1-3-11-9(12-8)7-2-4-15(13,14)6-7/h1,3,7H,2,4-6H2. The molecule has 2 heterocycles. The lowest BCUT2D eigenvalue weighted by molar-refractivity contribution is 0.601. The fraction of sp³-hybridized carbons (Fsp3) is 0.556. The van der Waals surface area contributed by atoms with Crippen LogP contribution in [-0.2, 0) is 15.2 Å². The maximum atomic E-state index is 11.3. The predicted molar refractivity (Wildman–Crippen MR) is 60.7 cm³/mol. The van der Waals surface area contributed by atoms with Crippen molar-refractivity contribution in [1.82, 2.24) is 9.97 Å². The van der Waals surface area contributed by atoms with E-state index in [0.29, 0.717) is 17.6 Å². The molecule has 2 rings (SSSR count). The van der Waals surface area contributed by atoms with Gasteiger partial charge in [0.25, 0.3) is 0 Å². The van der Waals surface area contributed by atoms with Crippen LogP contribution in [0.5, 0.6) is 0 Å². The highest BCUT2D eigenvalue weighted by Gasteiger charge is 2.30. The minimum atomic E-state index is -2.85. The topological polar surface area (TPSA) is 59.9 Å². The molecule has 6 heteroatoms. The Morgan fingerprint density at radius 3 is 2.93 bits per heavy atom. The third-order valence-corrected chi connectivity index (χ3v) is 4.81. The Morgan fingerprint density at radius 1 is 1.53 bits per heavy atom. The van der Waals surface area contributed by atoms with Crippen LogP contribution in [-0.4, -0.2) is 29.9 Å². The molecule has 1 aliphatic rings. The molecule has 1 unspecified atom stereocenters. The monoisotopic (exact) mass is 290 g/mol. The van der Waals surface area contributed by atoms with Crippen LogP contribution in [0.3, 0.4) is 0 Å². The lowest BCUT2D eigenvalue weighted by atomic mass is 10.1. The van der Waals surface area contributed by atoms with Gasteiger partial charge in [0, 0.05) is 17.4 Å². The highest BCUT2D eigenvalue weighted by Crippen LogP contribution is 2.26. The van der Waals surface area contributed by atoms with Gasteiger partial charge in [0.15, 0.2) is 9.84 Å². The van der Waals surface area contributed by atoms with Crippen LogP contribution in [0.4, 0.5) is 0 Å². The van der Waals surface area contributed by atoms with Gasteiger partial charge in [-0.3, -0.25) is 0 Å². The summed E-state index contributed by atoms with van der Waals surface area (Å²) in [6.45, 7) is 0. The zero-order valence-corrected chi connectivity index (χ0v) is 10.5. The van der Waals surface area contributed by atoms with E-state index in [9.17, 15) is 8.42 Å². The molecular weight excluding hydrogens is 280 g/mol. The van der Waals surface area contributed by atoms with E-state index in [2.05, 4.69) is 25.9 Å². The highest BCUT2D eigenvalue weighted by atomic mass is 79.9. The number of aromatic nitrogens is 2. The molecule has 1 fully saturated rings. The number of alkyl halides is 1. The van der Waals surface area contributed by atoms with Crippen molar-refractivity contribution in [3.63, 3.8) is 0 Å². The van der Waals surface area contributed by atoms with Crippen molar-refractivity contribution >= 4 is 25.8 Å². The van der Waals surface area contributed by atoms with Crippen LogP contribution in [0.15, 0.2) is 12.3 Å². The Morgan fingerprint density at radius 2 is 2.33 bits per heavy atom. The molecule has 15 heavy (non-hydrogen) atoms. The van der Waals surface area contributed by atoms with E-state index in [1.165, 1.54) is 0 Å². The molecule has 4 nitrogen and oxygen atoms in total. The van der Waals surface area contributed by atoms with E-state index in [1.54, 1.807) is 6.20 Å². The van der Waals surface area contributed by atoms with Crippen LogP contribution >= 0.6 is 15.9 Å². The quantitative estimate of drug-likeness (QED) is 0.770. The van der Waals surface area contributed by atoms with Crippen molar-refractivity contribution in [3.05, 3.63) is 23.8 Å². The van der Waals surface area contributed by atoms with Crippen molar-refractivity contribution in [2.75, 3.05) is 11.5 Å². The predicted octanol–water partition coefficient (Wildman–Crippen LogP) is 1.27. The minimum Gasteiger partial charge on any atom is -0.241 e. The van der Waals surface area contributed by atoms with Crippen molar-refractivity contribution in [1.29, 1.82) is 0 Å². The second-order valence-corrected chi connectivity index (χ2v) is 6.43. The largest absolute Gasteiger partial charge is 0.241 e. The molecule has 1 aromatic heterocycles. The molecule has 1 saturated heterocycles. The minimum absolute atomic E-state index is 0.0194. The normalized spacial score (nSPS) is 24.2. The zero-order valence-electron chi connectivity index (χ0n) is 8.06. The van der Waals surface area contributed by atoms with E-state index in [1.807, 2.05) is 6.07 Å². The maximum absolute atomic E-state index is 11.3. The number of rotatable bonds is 2. The zero-order chi connectivity index (χ0) is 10.9. The molecule has 0 aromatic carbocycles. The second kappa shape index (κ2) is 4.17. The van der Waals surface area contributed by atoms with Gasteiger partial charge < -0.3 is 0 Å². The molecule has 1 aromatic rings. The van der Waals surface area contributed by atoms with Crippen LogP contribution in [0, 0.1) is 0 Å². The first-order valence-corrected chi connectivity index (χ1v) is 7.63. The van der Waals surface area contributed by atoms with Gasteiger partial charge in [-0.2, -0.15) is 0 Å². The van der Waals surface area contributed by atoms with Gasteiger partial charge in [-0.25, -0.2) is 18.4 Å². The molecule has 0 amide bonds. The third-order valence-electron chi connectivity index (χ3n) is 2.47. The van der Waals surface area contributed by atoms with Crippen molar-refractivity contribution in [3.8, 4) is 0 Å². The lowest BCUT2D eigenvalue weighted by Gasteiger charge is -2.06. The Kier molecular flexibility index (Phi) is 3.06. The van der Waals surface area contributed by atoms with Gasteiger partial charge in [0.05, 0.1) is 17.2 Å². The number of hydrogen-bond donors (Lipinski definition) is 0. The Balaban J connectivity index is 2.24. The van der Waals surface area contributed by atoms with Gasteiger partial charge >= 0.3 is 0 Å². The summed E-state index contributed by atoms with van der Waals surface area (Å²) in [6.07, 6.45) is 2.33. The number of sulfone groups is 1. The summed E-state index contributed by atoms with van der Waals surface area (Å²) in [5, 5.41) is 0.669. The molecular formula is C9H11BrN2O2S. The molecule has 1 atom stereocenters. The van der Waals surface area contributed by atoms with Gasteiger partial charge in [-0.15, -0.1) is 0 Å². The fourth-order valence-electron chi connectivity index (χ4n) is 1.68. The first-order valence-electron chi connectivity index (χ1n) is 4.69. The molecule has 0 radical (unpaired) electrons. The average molecular weight is 291 g/mol. The fourth-order valence-corrected chi connectivity index (χ4v) is 3.73. The van der Waals surface area contributed by atoms with E-state index >= 15 is 0 Å². The van der Waals surface area contributed by atoms with Crippen LogP contribution in [0.2, 0.25) is 0 Å². The van der Waals surface area contributed by atoms with Crippen molar-refractivity contribution < 1.29 is 8.42 Å². The molecule has 82 valence electrons. The Hall–Kier alpha value is -0.490.